The van der Waals surface area contributed by atoms with Crippen molar-refractivity contribution in [3.8, 4) is 0 Å². The Bertz CT molecular complexity index is 290. The summed E-state index contributed by atoms with van der Waals surface area (Å²) in [6, 6.07) is 0. The SMILES string of the molecule is CC(C)c1cnn(C(C)(CO)CO)c1. The molecule has 1 heterocycles. The minimum atomic E-state index is -0.701. The predicted octanol–water partition coefficient (Wildman–Crippen LogP) is 0.706. The van der Waals surface area contributed by atoms with Gasteiger partial charge in [-0.2, -0.15) is 5.10 Å². The molecule has 0 spiro atoms. The van der Waals surface area contributed by atoms with Crippen molar-refractivity contribution in [3.05, 3.63) is 18.0 Å². The third-order valence-corrected chi connectivity index (χ3v) is 2.50. The number of hydrogen-bond donors (Lipinski definition) is 2. The number of aromatic nitrogens is 2. The van der Waals surface area contributed by atoms with Crippen LogP contribution < -0.4 is 0 Å². The fourth-order valence-electron chi connectivity index (χ4n) is 1.12. The molecule has 1 aromatic heterocycles. The van der Waals surface area contributed by atoms with E-state index in [9.17, 15) is 0 Å². The van der Waals surface area contributed by atoms with E-state index in [4.69, 9.17) is 10.2 Å². The number of aliphatic hydroxyl groups excluding tert-OH is 2. The summed E-state index contributed by atoms with van der Waals surface area (Å²) in [4.78, 5) is 0. The summed E-state index contributed by atoms with van der Waals surface area (Å²) in [5.41, 5.74) is 0.408. The van der Waals surface area contributed by atoms with Crippen molar-refractivity contribution in [1.82, 2.24) is 9.78 Å². The summed E-state index contributed by atoms with van der Waals surface area (Å²) in [5.74, 6) is 0.408. The van der Waals surface area contributed by atoms with Gasteiger partial charge in [-0.1, -0.05) is 13.8 Å². The Kier molecular flexibility index (Phi) is 3.29. The first kappa shape index (κ1) is 11.2. The Labute approximate surface area is 84.2 Å². The van der Waals surface area contributed by atoms with Gasteiger partial charge in [-0.25, -0.2) is 0 Å². The Balaban J connectivity index is 2.95. The molecule has 0 saturated heterocycles. The van der Waals surface area contributed by atoms with E-state index >= 15 is 0 Å². The minimum Gasteiger partial charge on any atom is -0.394 e. The molecule has 2 N–H and O–H groups in total. The molecule has 0 fully saturated rings. The zero-order valence-electron chi connectivity index (χ0n) is 8.94. The summed E-state index contributed by atoms with van der Waals surface area (Å²) < 4.78 is 1.63. The van der Waals surface area contributed by atoms with Crippen LogP contribution in [0.1, 0.15) is 32.3 Å². The molecule has 0 radical (unpaired) electrons. The Hall–Kier alpha value is -0.870. The molecule has 14 heavy (non-hydrogen) atoms. The van der Waals surface area contributed by atoms with Crippen LogP contribution in [0.15, 0.2) is 12.4 Å². The molecule has 0 amide bonds. The van der Waals surface area contributed by atoms with E-state index in [2.05, 4.69) is 18.9 Å². The normalized spacial score (nSPS) is 12.4. The van der Waals surface area contributed by atoms with Crippen molar-refractivity contribution < 1.29 is 10.2 Å². The average Bonchev–Trinajstić information content (AvgIpc) is 2.66. The van der Waals surface area contributed by atoms with Gasteiger partial charge in [-0.3, -0.25) is 4.68 Å². The molecule has 0 aromatic carbocycles. The van der Waals surface area contributed by atoms with E-state index in [-0.39, 0.29) is 13.2 Å². The molecule has 0 aliphatic heterocycles. The summed E-state index contributed by atoms with van der Waals surface area (Å²) in [7, 11) is 0. The predicted molar refractivity (Wildman–Crippen MR) is 54.1 cm³/mol. The van der Waals surface area contributed by atoms with Crippen LogP contribution >= 0.6 is 0 Å². The highest BCUT2D eigenvalue weighted by atomic mass is 16.3. The molecule has 1 aromatic rings. The maximum atomic E-state index is 9.17. The number of rotatable bonds is 4. The zero-order valence-corrected chi connectivity index (χ0v) is 8.94. The van der Waals surface area contributed by atoms with Crippen LogP contribution in [0.4, 0.5) is 0 Å². The Morgan fingerprint density at radius 2 is 2.00 bits per heavy atom. The van der Waals surface area contributed by atoms with Crippen molar-refractivity contribution in [2.45, 2.75) is 32.2 Å². The van der Waals surface area contributed by atoms with Crippen LogP contribution in [0.25, 0.3) is 0 Å². The molecular formula is C10H18N2O2. The lowest BCUT2D eigenvalue weighted by Gasteiger charge is -2.25. The maximum absolute atomic E-state index is 9.17. The van der Waals surface area contributed by atoms with E-state index in [1.165, 1.54) is 0 Å². The van der Waals surface area contributed by atoms with Gasteiger partial charge in [0.05, 0.1) is 19.4 Å². The van der Waals surface area contributed by atoms with Gasteiger partial charge in [0.25, 0.3) is 0 Å². The van der Waals surface area contributed by atoms with Crippen molar-refractivity contribution in [2.24, 2.45) is 0 Å². The van der Waals surface area contributed by atoms with Gasteiger partial charge >= 0.3 is 0 Å². The van der Waals surface area contributed by atoms with Gasteiger partial charge in [0.2, 0.25) is 0 Å². The van der Waals surface area contributed by atoms with Crippen molar-refractivity contribution >= 4 is 0 Å². The summed E-state index contributed by atoms with van der Waals surface area (Å²) in [6.45, 7) is 5.68. The lowest BCUT2D eigenvalue weighted by Crippen LogP contribution is -2.38. The lowest BCUT2D eigenvalue weighted by atomic mass is 10.1. The molecule has 0 unspecified atom stereocenters. The molecule has 0 atom stereocenters. The van der Waals surface area contributed by atoms with Gasteiger partial charge in [-0.05, 0) is 18.4 Å². The van der Waals surface area contributed by atoms with Gasteiger partial charge in [-0.15, -0.1) is 0 Å². The van der Waals surface area contributed by atoms with Crippen molar-refractivity contribution in [2.75, 3.05) is 13.2 Å². The van der Waals surface area contributed by atoms with Crippen LogP contribution in [-0.2, 0) is 5.54 Å². The fraction of sp³-hybridized carbons (Fsp3) is 0.700. The summed E-state index contributed by atoms with van der Waals surface area (Å²) in [6.07, 6.45) is 3.64. The first-order valence-corrected chi connectivity index (χ1v) is 4.80. The number of hydrogen-bond acceptors (Lipinski definition) is 3. The number of aliphatic hydroxyl groups is 2. The summed E-state index contributed by atoms with van der Waals surface area (Å²) >= 11 is 0. The minimum absolute atomic E-state index is 0.122. The van der Waals surface area contributed by atoms with Crippen LogP contribution in [0.5, 0.6) is 0 Å². The smallest absolute Gasteiger partial charge is 0.106 e. The van der Waals surface area contributed by atoms with E-state index in [1.807, 2.05) is 6.20 Å². The van der Waals surface area contributed by atoms with Crippen molar-refractivity contribution in [1.29, 1.82) is 0 Å². The highest BCUT2D eigenvalue weighted by molar-refractivity contribution is 5.10. The molecule has 4 nitrogen and oxygen atoms in total. The molecule has 0 aliphatic rings. The topological polar surface area (TPSA) is 58.3 Å². The zero-order chi connectivity index (χ0) is 10.8. The largest absolute Gasteiger partial charge is 0.394 e. The third kappa shape index (κ3) is 1.96. The third-order valence-electron chi connectivity index (χ3n) is 2.50. The van der Waals surface area contributed by atoms with Gasteiger partial charge < -0.3 is 10.2 Å². The average molecular weight is 198 g/mol. The van der Waals surface area contributed by atoms with Crippen LogP contribution in [0, 0.1) is 0 Å². The molecule has 0 aliphatic carbocycles. The van der Waals surface area contributed by atoms with E-state index < -0.39 is 5.54 Å². The molecule has 0 bridgehead atoms. The first-order chi connectivity index (χ1) is 6.53. The second kappa shape index (κ2) is 4.11. The molecule has 80 valence electrons. The second-order valence-corrected chi connectivity index (χ2v) is 4.19. The fourth-order valence-corrected chi connectivity index (χ4v) is 1.12. The second-order valence-electron chi connectivity index (χ2n) is 4.19. The highest BCUT2D eigenvalue weighted by Gasteiger charge is 2.25. The Morgan fingerprint density at radius 1 is 1.43 bits per heavy atom. The van der Waals surface area contributed by atoms with Gasteiger partial charge in [0.15, 0.2) is 0 Å². The summed E-state index contributed by atoms with van der Waals surface area (Å²) in [5, 5.41) is 22.5. The molecule has 0 saturated carbocycles. The molecule has 1 rings (SSSR count). The van der Waals surface area contributed by atoms with Gasteiger partial charge in [0, 0.05) is 6.20 Å². The first-order valence-electron chi connectivity index (χ1n) is 4.80. The van der Waals surface area contributed by atoms with Gasteiger partial charge in [0.1, 0.15) is 5.54 Å². The van der Waals surface area contributed by atoms with Crippen LogP contribution in [-0.4, -0.2) is 33.2 Å². The van der Waals surface area contributed by atoms with E-state index in [0.29, 0.717) is 5.92 Å². The molecular weight excluding hydrogens is 180 g/mol. The highest BCUT2D eigenvalue weighted by Crippen LogP contribution is 2.18. The van der Waals surface area contributed by atoms with Crippen molar-refractivity contribution in [3.63, 3.8) is 0 Å². The monoisotopic (exact) mass is 198 g/mol. The standard InChI is InChI=1S/C10H18N2O2/c1-8(2)9-4-11-12(5-9)10(3,6-13)7-14/h4-5,8,13-14H,6-7H2,1-3H3. The lowest BCUT2D eigenvalue weighted by molar-refractivity contribution is 0.0681. The van der Waals surface area contributed by atoms with E-state index in [0.717, 1.165) is 5.56 Å². The van der Waals surface area contributed by atoms with Crippen LogP contribution in [0.2, 0.25) is 0 Å². The van der Waals surface area contributed by atoms with E-state index in [1.54, 1.807) is 17.8 Å². The quantitative estimate of drug-likeness (QED) is 0.749. The molecule has 4 heteroatoms. The number of nitrogens with zero attached hydrogens (tertiary/aromatic N) is 2. The van der Waals surface area contributed by atoms with Crippen LogP contribution in [0.3, 0.4) is 0 Å². The Morgan fingerprint density at radius 3 is 2.36 bits per heavy atom. The maximum Gasteiger partial charge on any atom is 0.106 e.